The Labute approximate surface area is 98.3 Å². The second kappa shape index (κ2) is 3.38. The average Bonchev–Trinajstić information content (AvgIpc) is 2.65. The Morgan fingerprint density at radius 3 is 2.61 bits per heavy atom. The van der Waals surface area contributed by atoms with Crippen molar-refractivity contribution in [2.24, 2.45) is 4.99 Å². The summed E-state index contributed by atoms with van der Waals surface area (Å²) in [7, 11) is 0. The number of fused-ring (bicyclic) bond motifs is 3. The molecule has 1 amide bonds. The number of carbonyl (C=O) groups excluding carboxylic acids is 1. The molecule has 0 atom stereocenters. The molecule has 2 aromatic rings. The molecule has 0 saturated heterocycles. The van der Waals surface area contributed by atoms with Crippen molar-refractivity contribution < 1.29 is 18.0 Å². The molecular formula is C12H5F3N2O. The van der Waals surface area contributed by atoms with Crippen LogP contribution >= 0.6 is 0 Å². The van der Waals surface area contributed by atoms with Gasteiger partial charge in [0.1, 0.15) is 10.9 Å². The third kappa shape index (κ3) is 1.42. The van der Waals surface area contributed by atoms with Crippen LogP contribution in [0.25, 0.3) is 16.5 Å². The largest absolute Gasteiger partial charge is 0.422 e. The van der Waals surface area contributed by atoms with Crippen LogP contribution < -0.4 is 10.6 Å². The molecule has 6 heteroatoms. The molecular weight excluding hydrogens is 245 g/mol. The molecule has 1 aromatic heterocycles. The quantitative estimate of drug-likeness (QED) is 0.702. The van der Waals surface area contributed by atoms with Crippen molar-refractivity contribution in [3.63, 3.8) is 0 Å². The minimum absolute atomic E-state index is 0.00502. The van der Waals surface area contributed by atoms with Gasteiger partial charge in [-0.25, -0.2) is 4.99 Å². The summed E-state index contributed by atoms with van der Waals surface area (Å²) < 4.78 is 38.3. The Balaban J connectivity index is 2.54. The highest BCUT2D eigenvalue weighted by atomic mass is 19.4. The number of aromatic nitrogens is 1. The molecule has 90 valence electrons. The molecule has 1 aliphatic rings. The van der Waals surface area contributed by atoms with Crippen LogP contribution in [0.4, 0.5) is 13.2 Å². The number of hydrogen-bond donors (Lipinski definition) is 0. The lowest BCUT2D eigenvalue weighted by Gasteiger charge is -2.04. The first-order chi connectivity index (χ1) is 8.48. The third-order valence-corrected chi connectivity index (χ3v) is 2.73. The van der Waals surface area contributed by atoms with Crippen molar-refractivity contribution in [1.29, 1.82) is 0 Å². The van der Waals surface area contributed by atoms with Gasteiger partial charge in [0, 0.05) is 16.8 Å². The predicted molar refractivity (Wildman–Crippen MR) is 57.0 cm³/mol. The minimum atomic E-state index is -4.70. The maximum atomic E-state index is 12.8. The number of alkyl halides is 3. The van der Waals surface area contributed by atoms with E-state index in [4.69, 9.17) is 0 Å². The van der Waals surface area contributed by atoms with Gasteiger partial charge in [0.2, 0.25) is 0 Å². The molecule has 0 unspecified atom stereocenters. The maximum Gasteiger partial charge on any atom is 0.422 e. The van der Waals surface area contributed by atoms with Crippen molar-refractivity contribution in [2.75, 3.05) is 0 Å². The highest BCUT2D eigenvalue weighted by Crippen LogP contribution is 2.27. The zero-order valence-corrected chi connectivity index (χ0v) is 8.82. The van der Waals surface area contributed by atoms with Crippen molar-refractivity contribution in [3.05, 3.63) is 41.0 Å². The topological polar surface area (TPSA) is 42.3 Å². The van der Waals surface area contributed by atoms with Crippen LogP contribution in [-0.4, -0.2) is 17.1 Å². The van der Waals surface area contributed by atoms with E-state index in [0.29, 0.717) is 10.9 Å². The first-order valence-corrected chi connectivity index (χ1v) is 5.07. The van der Waals surface area contributed by atoms with Crippen LogP contribution in [0.15, 0.2) is 35.5 Å². The van der Waals surface area contributed by atoms with Crippen LogP contribution in [0.5, 0.6) is 0 Å². The third-order valence-electron chi connectivity index (χ3n) is 2.73. The Kier molecular flexibility index (Phi) is 2.04. The molecule has 3 nitrogen and oxygen atoms in total. The van der Waals surface area contributed by atoms with Crippen LogP contribution in [-0.2, 0) is 4.79 Å². The smallest absolute Gasteiger partial charge is 0.267 e. The molecule has 2 heterocycles. The summed E-state index contributed by atoms with van der Waals surface area (Å²) in [5.74, 6) is -1.25. The molecule has 18 heavy (non-hydrogen) atoms. The van der Waals surface area contributed by atoms with Gasteiger partial charge in [-0.3, -0.25) is 9.78 Å². The Morgan fingerprint density at radius 2 is 1.89 bits per heavy atom. The van der Waals surface area contributed by atoms with E-state index >= 15 is 0 Å². The fourth-order valence-corrected chi connectivity index (χ4v) is 1.99. The predicted octanol–water partition coefficient (Wildman–Crippen LogP) is 1.11. The maximum absolute atomic E-state index is 12.8. The van der Waals surface area contributed by atoms with Crippen LogP contribution in [0, 0.1) is 0 Å². The standard InChI is InChI=1S/C12H5F3N2O/c13-12(14,15)8-7-4-3-6-2-1-5-16-9(6)10(7)17-11(8)18/h1-5H. The van der Waals surface area contributed by atoms with E-state index in [1.807, 2.05) is 0 Å². The van der Waals surface area contributed by atoms with Gasteiger partial charge < -0.3 is 0 Å². The average molecular weight is 250 g/mol. The summed E-state index contributed by atoms with van der Waals surface area (Å²) in [5.41, 5.74) is -0.910. The molecule has 1 aliphatic heterocycles. The highest BCUT2D eigenvalue weighted by molar-refractivity contribution is 6.17. The second-order valence-electron chi connectivity index (χ2n) is 3.83. The van der Waals surface area contributed by atoms with Crippen molar-refractivity contribution in [1.82, 2.24) is 4.98 Å². The van der Waals surface area contributed by atoms with E-state index < -0.39 is 17.7 Å². The molecule has 0 aliphatic carbocycles. The van der Waals surface area contributed by atoms with E-state index in [2.05, 4.69) is 9.98 Å². The number of amides is 1. The number of benzene rings is 1. The Hall–Kier alpha value is -2.24. The normalized spacial score (nSPS) is 14.8. The number of carbonyl (C=O) groups is 1. The SMILES string of the molecule is O=C1N=c2c(ccc3cccnc23)=C1C(F)(F)F. The summed E-state index contributed by atoms with van der Waals surface area (Å²) >= 11 is 0. The van der Waals surface area contributed by atoms with E-state index in [1.54, 1.807) is 12.1 Å². The number of halogens is 3. The molecule has 1 aromatic carbocycles. The number of hydrogen-bond acceptors (Lipinski definition) is 2. The highest BCUT2D eigenvalue weighted by Gasteiger charge is 2.41. The van der Waals surface area contributed by atoms with Crippen molar-refractivity contribution >= 4 is 22.4 Å². The van der Waals surface area contributed by atoms with E-state index in [9.17, 15) is 18.0 Å². The molecule has 3 rings (SSSR count). The van der Waals surface area contributed by atoms with Gasteiger partial charge in [-0.1, -0.05) is 18.2 Å². The number of nitrogens with zero attached hydrogens (tertiary/aromatic N) is 2. The zero-order chi connectivity index (χ0) is 12.9. The first-order valence-electron chi connectivity index (χ1n) is 5.07. The van der Waals surface area contributed by atoms with Crippen LogP contribution in [0.1, 0.15) is 0 Å². The van der Waals surface area contributed by atoms with Crippen molar-refractivity contribution in [3.8, 4) is 0 Å². The number of pyridine rings is 1. The van der Waals surface area contributed by atoms with E-state index in [1.165, 1.54) is 18.3 Å². The summed E-state index contributed by atoms with van der Waals surface area (Å²) in [5, 5.41) is 0.459. The molecule has 0 N–H and O–H groups in total. The summed E-state index contributed by atoms with van der Waals surface area (Å²) in [4.78, 5) is 18.8. The van der Waals surface area contributed by atoms with Crippen LogP contribution in [0.2, 0.25) is 0 Å². The van der Waals surface area contributed by atoms with Gasteiger partial charge in [0.15, 0.2) is 0 Å². The molecule has 0 radical (unpaired) electrons. The minimum Gasteiger partial charge on any atom is -0.267 e. The lowest BCUT2D eigenvalue weighted by molar-refractivity contribution is -0.119. The Bertz CT molecular complexity index is 793. The second-order valence-corrected chi connectivity index (χ2v) is 3.83. The zero-order valence-electron chi connectivity index (χ0n) is 8.82. The number of rotatable bonds is 0. The fourth-order valence-electron chi connectivity index (χ4n) is 1.99. The lowest BCUT2D eigenvalue weighted by Crippen LogP contribution is -2.29. The molecule has 0 saturated carbocycles. The van der Waals surface area contributed by atoms with Gasteiger partial charge >= 0.3 is 6.18 Å². The molecule has 0 spiro atoms. The lowest BCUT2D eigenvalue weighted by atomic mass is 10.1. The van der Waals surface area contributed by atoms with E-state index in [-0.39, 0.29) is 10.6 Å². The first kappa shape index (κ1) is 10.9. The monoisotopic (exact) mass is 250 g/mol. The molecule has 0 fully saturated rings. The summed E-state index contributed by atoms with van der Waals surface area (Å²) in [6.45, 7) is 0. The van der Waals surface area contributed by atoms with E-state index in [0.717, 1.165) is 0 Å². The summed E-state index contributed by atoms with van der Waals surface area (Å²) in [6.07, 6.45) is -3.25. The van der Waals surface area contributed by atoms with Crippen LogP contribution in [0.3, 0.4) is 0 Å². The Morgan fingerprint density at radius 1 is 1.11 bits per heavy atom. The van der Waals surface area contributed by atoms with Gasteiger partial charge in [-0.05, 0) is 6.07 Å². The van der Waals surface area contributed by atoms with Gasteiger partial charge in [-0.15, -0.1) is 0 Å². The summed E-state index contributed by atoms with van der Waals surface area (Å²) in [6, 6.07) is 6.13. The van der Waals surface area contributed by atoms with Gasteiger partial charge in [-0.2, -0.15) is 13.2 Å². The molecule has 0 bridgehead atoms. The fraction of sp³-hybridized carbons (Fsp3) is 0.0833. The van der Waals surface area contributed by atoms with Gasteiger partial charge in [0.25, 0.3) is 5.91 Å². The van der Waals surface area contributed by atoms with Gasteiger partial charge in [0.05, 0.1) is 5.52 Å². The van der Waals surface area contributed by atoms with Crippen molar-refractivity contribution in [2.45, 2.75) is 6.18 Å².